The summed E-state index contributed by atoms with van der Waals surface area (Å²) in [6.07, 6.45) is 0. The Bertz CT molecular complexity index is 303. The number of rotatable bonds is 3. The van der Waals surface area contributed by atoms with E-state index in [-0.39, 0.29) is 0 Å². The summed E-state index contributed by atoms with van der Waals surface area (Å²) in [7, 11) is -0.480. The second-order valence-electron chi connectivity index (χ2n) is 4.90. The summed E-state index contributed by atoms with van der Waals surface area (Å²) in [6.45, 7) is 11.4. The maximum atomic E-state index is 5.91. The van der Waals surface area contributed by atoms with Crippen molar-refractivity contribution in [3.05, 3.63) is 23.8 Å². The fourth-order valence-corrected chi connectivity index (χ4v) is 5.71. The molecule has 1 aromatic carbocycles. The topological polar surface area (TPSA) is 26.0 Å². The normalized spacial score (nSPS) is 11.7. The summed E-state index contributed by atoms with van der Waals surface area (Å²) in [5.74, 6) is 0. The lowest BCUT2D eigenvalue weighted by Crippen LogP contribution is -2.36. The molecule has 0 aromatic heterocycles. The summed E-state index contributed by atoms with van der Waals surface area (Å²) in [5, 5.41) is 1.49. The maximum Gasteiger partial charge on any atom is 0.0911 e. The highest BCUT2D eigenvalue weighted by Crippen LogP contribution is 2.21. The smallest absolute Gasteiger partial charge is 0.0911 e. The molecule has 0 aliphatic heterocycles. The van der Waals surface area contributed by atoms with Crippen LogP contribution >= 0.6 is 0 Å². The van der Waals surface area contributed by atoms with Gasteiger partial charge in [-0.25, -0.2) is 0 Å². The van der Waals surface area contributed by atoms with Gasteiger partial charge in [-0.3, -0.25) is 0 Å². The fraction of sp³-hybridized carbons (Fsp3) is 0.538. The number of hydrogen-bond donors (Lipinski definition) is 1. The molecule has 0 bridgehead atoms. The van der Waals surface area contributed by atoms with Crippen LogP contribution < -0.4 is 10.9 Å². The van der Waals surface area contributed by atoms with E-state index in [4.69, 9.17) is 5.73 Å². The Morgan fingerprint density at radius 1 is 1.00 bits per heavy atom. The minimum atomic E-state index is -0.480. The molecular formula is C13H22NSi. The lowest BCUT2D eigenvalue weighted by atomic mass is 10.2. The molecule has 0 amide bonds. The highest BCUT2D eigenvalue weighted by atomic mass is 28.3. The van der Waals surface area contributed by atoms with Crippen molar-refractivity contribution in [2.24, 2.45) is 0 Å². The Hall–Kier alpha value is -0.763. The molecule has 0 atom stereocenters. The Morgan fingerprint density at radius 2 is 1.53 bits per heavy atom. The van der Waals surface area contributed by atoms with Gasteiger partial charge >= 0.3 is 0 Å². The van der Waals surface area contributed by atoms with E-state index in [1.165, 1.54) is 10.8 Å². The zero-order chi connectivity index (χ0) is 11.6. The SMILES string of the molecule is Cc1cc(N)cc([Si](C(C)C)C(C)C)c1. The van der Waals surface area contributed by atoms with Crippen molar-refractivity contribution in [3.63, 3.8) is 0 Å². The first-order valence-corrected chi connectivity index (χ1v) is 7.31. The van der Waals surface area contributed by atoms with E-state index in [2.05, 4.69) is 46.8 Å². The first-order chi connectivity index (χ1) is 6.91. The molecule has 0 saturated heterocycles. The molecule has 15 heavy (non-hydrogen) atoms. The van der Waals surface area contributed by atoms with E-state index >= 15 is 0 Å². The zero-order valence-electron chi connectivity index (χ0n) is 10.5. The highest BCUT2D eigenvalue weighted by Gasteiger charge is 2.22. The molecule has 0 aliphatic carbocycles. The molecule has 0 heterocycles. The molecule has 1 aromatic rings. The summed E-state index contributed by atoms with van der Waals surface area (Å²) in [4.78, 5) is 0. The number of benzene rings is 1. The van der Waals surface area contributed by atoms with E-state index < -0.39 is 8.80 Å². The monoisotopic (exact) mass is 220 g/mol. The summed E-state index contributed by atoms with van der Waals surface area (Å²) in [5.41, 5.74) is 9.63. The molecule has 83 valence electrons. The molecule has 1 rings (SSSR count). The van der Waals surface area contributed by atoms with E-state index in [1.54, 1.807) is 0 Å². The van der Waals surface area contributed by atoms with Crippen molar-refractivity contribution in [3.8, 4) is 0 Å². The summed E-state index contributed by atoms with van der Waals surface area (Å²) in [6, 6.07) is 6.52. The van der Waals surface area contributed by atoms with Crippen molar-refractivity contribution in [2.45, 2.75) is 45.7 Å². The van der Waals surface area contributed by atoms with Crippen LogP contribution in [-0.4, -0.2) is 8.80 Å². The second kappa shape index (κ2) is 4.84. The Kier molecular flexibility index (Phi) is 3.97. The van der Waals surface area contributed by atoms with Crippen LogP contribution in [0.1, 0.15) is 33.3 Å². The van der Waals surface area contributed by atoms with Crippen LogP contribution in [0.2, 0.25) is 11.1 Å². The minimum Gasteiger partial charge on any atom is -0.399 e. The Labute approximate surface area is 95.3 Å². The van der Waals surface area contributed by atoms with Gasteiger partial charge in [-0.2, -0.15) is 0 Å². The van der Waals surface area contributed by atoms with Crippen LogP contribution in [0, 0.1) is 6.92 Å². The van der Waals surface area contributed by atoms with Crippen molar-refractivity contribution in [1.29, 1.82) is 0 Å². The Balaban J connectivity index is 3.11. The quantitative estimate of drug-likeness (QED) is 0.615. The van der Waals surface area contributed by atoms with Gasteiger partial charge < -0.3 is 5.73 Å². The van der Waals surface area contributed by atoms with Crippen molar-refractivity contribution in [2.75, 3.05) is 5.73 Å². The van der Waals surface area contributed by atoms with E-state index in [0.717, 1.165) is 16.8 Å². The standard InChI is InChI=1S/C13H22NSi/c1-9(2)15(10(3)4)13-7-11(5)6-12(14)8-13/h6-10H,14H2,1-5H3. The van der Waals surface area contributed by atoms with E-state index in [0.29, 0.717) is 0 Å². The molecule has 1 nitrogen and oxygen atoms in total. The number of anilines is 1. The molecule has 0 unspecified atom stereocenters. The third kappa shape index (κ3) is 3.10. The number of aryl methyl sites for hydroxylation is 1. The number of nitrogens with two attached hydrogens (primary N) is 1. The van der Waals surface area contributed by atoms with Crippen molar-refractivity contribution >= 4 is 19.7 Å². The van der Waals surface area contributed by atoms with Gasteiger partial charge in [0.1, 0.15) is 0 Å². The largest absolute Gasteiger partial charge is 0.399 e. The average molecular weight is 220 g/mol. The summed E-state index contributed by atoms with van der Waals surface area (Å²) < 4.78 is 0. The third-order valence-corrected chi connectivity index (χ3v) is 6.12. The van der Waals surface area contributed by atoms with Gasteiger partial charge in [0, 0.05) is 5.69 Å². The Morgan fingerprint density at radius 3 is 1.93 bits per heavy atom. The molecule has 0 spiro atoms. The first kappa shape index (κ1) is 12.3. The van der Waals surface area contributed by atoms with Gasteiger partial charge in [-0.05, 0) is 35.7 Å². The van der Waals surface area contributed by atoms with Gasteiger partial charge in [0.25, 0.3) is 0 Å². The van der Waals surface area contributed by atoms with Gasteiger partial charge in [0.05, 0.1) is 8.80 Å². The minimum absolute atomic E-state index is 0.480. The van der Waals surface area contributed by atoms with Gasteiger partial charge in [0.2, 0.25) is 0 Å². The summed E-state index contributed by atoms with van der Waals surface area (Å²) >= 11 is 0. The average Bonchev–Trinajstić information content (AvgIpc) is 1.99. The predicted molar refractivity (Wildman–Crippen MR) is 71.2 cm³/mol. The van der Waals surface area contributed by atoms with Crippen LogP contribution in [0.3, 0.4) is 0 Å². The van der Waals surface area contributed by atoms with Gasteiger partial charge in [-0.15, -0.1) is 0 Å². The van der Waals surface area contributed by atoms with Crippen LogP contribution in [0.5, 0.6) is 0 Å². The molecule has 0 fully saturated rings. The molecule has 1 radical (unpaired) electrons. The molecule has 2 heteroatoms. The number of hydrogen-bond acceptors (Lipinski definition) is 1. The lowest BCUT2D eigenvalue weighted by Gasteiger charge is -2.23. The van der Waals surface area contributed by atoms with E-state index in [1.807, 2.05) is 6.07 Å². The highest BCUT2D eigenvalue weighted by molar-refractivity contribution is 6.75. The zero-order valence-corrected chi connectivity index (χ0v) is 11.5. The fourth-order valence-electron chi connectivity index (χ4n) is 2.31. The van der Waals surface area contributed by atoms with Gasteiger partial charge in [-0.1, -0.05) is 38.9 Å². The van der Waals surface area contributed by atoms with Gasteiger partial charge in [0.15, 0.2) is 0 Å². The molecule has 0 saturated carbocycles. The molecule has 0 aliphatic rings. The predicted octanol–water partition coefficient (Wildman–Crippen LogP) is 3.10. The maximum absolute atomic E-state index is 5.91. The van der Waals surface area contributed by atoms with Crippen LogP contribution in [-0.2, 0) is 0 Å². The third-order valence-electron chi connectivity index (χ3n) is 2.68. The number of nitrogen functional groups attached to an aromatic ring is 1. The lowest BCUT2D eigenvalue weighted by molar-refractivity contribution is 0.951. The first-order valence-electron chi connectivity index (χ1n) is 5.66. The van der Waals surface area contributed by atoms with Crippen LogP contribution in [0.15, 0.2) is 18.2 Å². The molecule has 2 N–H and O–H groups in total. The van der Waals surface area contributed by atoms with Crippen molar-refractivity contribution in [1.82, 2.24) is 0 Å². The van der Waals surface area contributed by atoms with Crippen LogP contribution in [0.4, 0.5) is 5.69 Å². The van der Waals surface area contributed by atoms with Crippen LogP contribution in [0.25, 0.3) is 0 Å². The van der Waals surface area contributed by atoms with Crippen molar-refractivity contribution < 1.29 is 0 Å². The molecular weight excluding hydrogens is 198 g/mol. The second-order valence-corrected chi connectivity index (χ2v) is 8.69. The van der Waals surface area contributed by atoms with E-state index in [9.17, 15) is 0 Å².